The van der Waals surface area contributed by atoms with E-state index >= 15 is 0 Å². The van der Waals surface area contributed by atoms with Crippen LogP contribution in [0, 0.1) is 0 Å². The zero-order valence-electron chi connectivity index (χ0n) is 9.99. The van der Waals surface area contributed by atoms with Crippen LogP contribution in [0.5, 0.6) is 0 Å². The Morgan fingerprint density at radius 1 is 1.25 bits per heavy atom. The molecule has 1 aliphatic carbocycles. The van der Waals surface area contributed by atoms with E-state index in [4.69, 9.17) is 0 Å². The Morgan fingerprint density at radius 2 is 2.06 bits per heavy atom. The first-order valence-electron chi connectivity index (χ1n) is 6.33. The van der Waals surface area contributed by atoms with Crippen LogP contribution >= 0.6 is 11.8 Å². The predicted molar refractivity (Wildman–Crippen MR) is 72.0 cm³/mol. The lowest BCUT2D eigenvalue weighted by Crippen LogP contribution is -2.27. The maximum absolute atomic E-state index is 3.63. The van der Waals surface area contributed by atoms with Gasteiger partial charge in [-0.25, -0.2) is 0 Å². The SMILES string of the molecule is CCCNC1CCC(Sc2ccccc2)C1. The van der Waals surface area contributed by atoms with Crippen LogP contribution in [0.1, 0.15) is 32.6 Å². The van der Waals surface area contributed by atoms with E-state index in [-0.39, 0.29) is 0 Å². The van der Waals surface area contributed by atoms with Gasteiger partial charge in [0.15, 0.2) is 0 Å². The molecular formula is C14H21NS. The smallest absolute Gasteiger partial charge is 0.0110 e. The van der Waals surface area contributed by atoms with E-state index in [1.54, 1.807) is 0 Å². The van der Waals surface area contributed by atoms with Gasteiger partial charge < -0.3 is 5.32 Å². The van der Waals surface area contributed by atoms with E-state index in [1.807, 2.05) is 11.8 Å². The maximum atomic E-state index is 3.63. The average Bonchev–Trinajstić information content (AvgIpc) is 2.75. The fraction of sp³-hybridized carbons (Fsp3) is 0.571. The van der Waals surface area contributed by atoms with Gasteiger partial charge in [0.25, 0.3) is 0 Å². The second kappa shape index (κ2) is 6.31. The summed E-state index contributed by atoms with van der Waals surface area (Å²) in [6, 6.07) is 11.6. The Hall–Kier alpha value is -0.470. The van der Waals surface area contributed by atoms with Crippen LogP contribution in [0.3, 0.4) is 0 Å². The molecule has 0 heterocycles. The summed E-state index contributed by atoms with van der Waals surface area (Å²) in [5.74, 6) is 0. The van der Waals surface area contributed by atoms with Crippen LogP contribution in [0.25, 0.3) is 0 Å². The summed E-state index contributed by atoms with van der Waals surface area (Å²) in [6.45, 7) is 3.41. The van der Waals surface area contributed by atoms with Crippen molar-refractivity contribution in [2.75, 3.05) is 6.54 Å². The molecule has 16 heavy (non-hydrogen) atoms. The standard InChI is InChI=1S/C14H21NS/c1-2-10-15-12-8-9-14(11-12)16-13-6-4-3-5-7-13/h3-7,12,14-15H,2,8-11H2,1H3. The van der Waals surface area contributed by atoms with Gasteiger partial charge in [-0.3, -0.25) is 0 Å². The van der Waals surface area contributed by atoms with Gasteiger partial charge in [-0.1, -0.05) is 25.1 Å². The Balaban J connectivity index is 1.76. The van der Waals surface area contributed by atoms with Gasteiger partial charge in [-0.15, -0.1) is 11.8 Å². The highest BCUT2D eigenvalue weighted by molar-refractivity contribution is 8.00. The highest BCUT2D eigenvalue weighted by Gasteiger charge is 2.24. The predicted octanol–water partition coefficient (Wildman–Crippen LogP) is 3.70. The number of hydrogen-bond donors (Lipinski definition) is 1. The normalized spacial score (nSPS) is 24.8. The molecule has 1 aliphatic rings. The molecule has 88 valence electrons. The van der Waals surface area contributed by atoms with Gasteiger partial charge >= 0.3 is 0 Å². The molecule has 0 spiro atoms. The molecule has 1 fully saturated rings. The molecular weight excluding hydrogens is 214 g/mol. The fourth-order valence-corrected chi connectivity index (χ4v) is 3.55. The third kappa shape index (κ3) is 3.53. The van der Waals surface area contributed by atoms with E-state index in [0.29, 0.717) is 0 Å². The van der Waals surface area contributed by atoms with E-state index < -0.39 is 0 Å². The Kier molecular flexibility index (Phi) is 4.73. The van der Waals surface area contributed by atoms with Gasteiger partial charge in [0, 0.05) is 16.2 Å². The summed E-state index contributed by atoms with van der Waals surface area (Å²) in [4.78, 5) is 1.42. The van der Waals surface area contributed by atoms with Crippen molar-refractivity contribution in [1.82, 2.24) is 5.32 Å². The third-order valence-electron chi connectivity index (χ3n) is 3.11. The van der Waals surface area contributed by atoms with Crippen molar-refractivity contribution in [2.24, 2.45) is 0 Å². The molecule has 0 radical (unpaired) electrons. The number of thioether (sulfide) groups is 1. The average molecular weight is 235 g/mol. The topological polar surface area (TPSA) is 12.0 Å². The van der Waals surface area contributed by atoms with Crippen molar-refractivity contribution in [3.8, 4) is 0 Å². The molecule has 0 bridgehead atoms. The van der Waals surface area contributed by atoms with Crippen molar-refractivity contribution < 1.29 is 0 Å². The van der Waals surface area contributed by atoms with E-state index in [1.165, 1.54) is 37.1 Å². The molecule has 2 rings (SSSR count). The van der Waals surface area contributed by atoms with Crippen LogP contribution in [-0.2, 0) is 0 Å². The maximum Gasteiger partial charge on any atom is 0.0110 e. The molecule has 1 saturated carbocycles. The Labute approximate surface area is 103 Å². The highest BCUT2D eigenvalue weighted by atomic mass is 32.2. The lowest BCUT2D eigenvalue weighted by atomic mass is 10.2. The Morgan fingerprint density at radius 3 is 2.81 bits per heavy atom. The quantitative estimate of drug-likeness (QED) is 0.835. The van der Waals surface area contributed by atoms with Crippen molar-refractivity contribution in [3.05, 3.63) is 30.3 Å². The zero-order chi connectivity index (χ0) is 11.2. The van der Waals surface area contributed by atoms with Gasteiger partial charge in [0.1, 0.15) is 0 Å². The second-order valence-electron chi connectivity index (χ2n) is 4.52. The molecule has 1 N–H and O–H groups in total. The monoisotopic (exact) mass is 235 g/mol. The first-order chi connectivity index (χ1) is 7.88. The van der Waals surface area contributed by atoms with Crippen molar-refractivity contribution >= 4 is 11.8 Å². The second-order valence-corrected chi connectivity index (χ2v) is 5.89. The van der Waals surface area contributed by atoms with Crippen molar-refractivity contribution in [3.63, 3.8) is 0 Å². The number of nitrogens with one attached hydrogen (secondary N) is 1. The summed E-state index contributed by atoms with van der Waals surface area (Å²) in [5.41, 5.74) is 0. The fourth-order valence-electron chi connectivity index (χ4n) is 2.27. The van der Waals surface area contributed by atoms with E-state index in [9.17, 15) is 0 Å². The molecule has 2 heteroatoms. The highest BCUT2D eigenvalue weighted by Crippen LogP contribution is 2.34. The molecule has 1 aromatic rings. The van der Waals surface area contributed by atoms with Crippen molar-refractivity contribution in [2.45, 2.75) is 48.8 Å². The summed E-state index contributed by atoms with van der Waals surface area (Å²) in [6.07, 6.45) is 5.29. The van der Waals surface area contributed by atoms with Gasteiger partial charge in [-0.2, -0.15) is 0 Å². The molecule has 1 nitrogen and oxygen atoms in total. The molecule has 0 saturated heterocycles. The summed E-state index contributed by atoms with van der Waals surface area (Å²) in [7, 11) is 0. The van der Waals surface area contributed by atoms with Crippen LogP contribution in [0.4, 0.5) is 0 Å². The van der Waals surface area contributed by atoms with Gasteiger partial charge in [0.05, 0.1) is 0 Å². The molecule has 0 amide bonds. The molecule has 2 unspecified atom stereocenters. The first kappa shape index (κ1) is 12.0. The lowest BCUT2D eigenvalue weighted by molar-refractivity contribution is 0.524. The Bertz CT molecular complexity index is 299. The van der Waals surface area contributed by atoms with Gasteiger partial charge in [-0.05, 0) is 44.4 Å². The van der Waals surface area contributed by atoms with Crippen LogP contribution < -0.4 is 5.32 Å². The number of benzene rings is 1. The summed E-state index contributed by atoms with van der Waals surface area (Å²) in [5, 5.41) is 4.45. The zero-order valence-corrected chi connectivity index (χ0v) is 10.8. The van der Waals surface area contributed by atoms with Crippen LogP contribution in [0.2, 0.25) is 0 Å². The molecule has 2 atom stereocenters. The largest absolute Gasteiger partial charge is 0.314 e. The minimum atomic E-state index is 0.765. The van der Waals surface area contributed by atoms with E-state index in [0.717, 1.165) is 11.3 Å². The first-order valence-corrected chi connectivity index (χ1v) is 7.21. The molecule has 0 aromatic heterocycles. The van der Waals surface area contributed by atoms with E-state index in [2.05, 4.69) is 42.6 Å². The van der Waals surface area contributed by atoms with Crippen LogP contribution in [0.15, 0.2) is 35.2 Å². The molecule has 1 aromatic carbocycles. The third-order valence-corrected chi connectivity index (χ3v) is 4.42. The summed E-state index contributed by atoms with van der Waals surface area (Å²) >= 11 is 2.05. The minimum Gasteiger partial charge on any atom is -0.314 e. The van der Waals surface area contributed by atoms with Gasteiger partial charge in [0.2, 0.25) is 0 Å². The van der Waals surface area contributed by atoms with Crippen LogP contribution in [-0.4, -0.2) is 17.8 Å². The minimum absolute atomic E-state index is 0.765. The lowest BCUT2D eigenvalue weighted by Gasteiger charge is -2.12. The van der Waals surface area contributed by atoms with Crippen molar-refractivity contribution in [1.29, 1.82) is 0 Å². The number of rotatable bonds is 5. The summed E-state index contributed by atoms with van der Waals surface area (Å²) < 4.78 is 0. The number of hydrogen-bond acceptors (Lipinski definition) is 2. The molecule has 0 aliphatic heterocycles.